The second-order valence-electron chi connectivity index (χ2n) is 4.18. The summed E-state index contributed by atoms with van der Waals surface area (Å²) in [6.07, 6.45) is 0. The summed E-state index contributed by atoms with van der Waals surface area (Å²) < 4.78 is 5.79. The third kappa shape index (κ3) is 3.08. The summed E-state index contributed by atoms with van der Waals surface area (Å²) in [4.78, 5) is 1.24. The Bertz CT molecular complexity index is 477. The first-order valence-corrected chi connectivity index (χ1v) is 6.56. The number of hydrogen-bond donors (Lipinski definition) is 1. The van der Waals surface area contributed by atoms with Crippen molar-refractivity contribution in [1.82, 2.24) is 0 Å². The van der Waals surface area contributed by atoms with Crippen molar-refractivity contribution in [2.24, 2.45) is 5.73 Å². The minimum atomic E-state index is 0.0695. The zero-order chi connectivity index (χ0) is 12.3. The van der Waals surface area contributed by atoms with Crippen molar-refractivity contribution in [3.63, 3.8) is 0 Å². The highest BCUT2D eigenvalue weighted by atomic mass is 32.1. The minimum Gasteiger partial charge on any atom is -0.488 e. The maximum atomic E-state index is 5.84. The van der Waals surface area contributed by atoms with E-state index in [4.69, 9.17) is 10.5 Å². The Labute approximate surface area is 106 Å². The molecule has 0 fully saturated rings. The van der Waals surface area contributed by atoms with E-state index in [2.05, 4.69) is 24.4 Å². The predicted octanol–water partition coefficient (Wildman–Crippen LogP) is 3.66. The Kier molecular flexibility index (Phi) is 3.82. The van der Waals surface area contributed by atoms with E-state index in [1.54, 1.807) is 11.3 Å². The molecule has 17 heavy (non-hydrogen) atoms. The van der Waals surface area contributed by atoms with E-state index in [0.29, 0.717) is 6.61 Å². The van der Waals surface area contributed by atoms with Crippen LogP contribution < -0.4 is 10.5 Å². The Morgan fingerprint density at radius 1 is 1.35 bits per heavy atom. The van der Waals surface area contributed by atoms with Crippen molar-refractivity contribution in [2.75, 3.05) is 0 Å². The van der Waals surface area contributed by atoms with Gasteiger partial charge in [-0.2, -0.15) is 0 Å². The van der Waals surface area contributed by atoms with Gasteiger partial charge in [-0.1, -0.05) is 18.2 Å². The molecule has 90 valence electrons. The lowest BCUT2D eigenvalue weighted by Crippen LogP contribution is -2.05. The van der Waals surface area contributed by atoms with Gasteiger partial charge in [0.15, 0.2) is 0 Å². The van der Waals surface area contributed by atoms with Gasteiger partial charge in [-0.15, -0.1) is 11.3 Å². The van der Waals surface area contributed by atoms with Crippen molar-refractivity contribution < 1.29 is 4.74 Å². The van der Waals surface area contributed by atoms with Gasteiger partial charge in [-0.05, 0) is 42.5 Å². The molecule has 0 saturated heterocycles. The fourth-order valence-electron chi connectivity index (χ4n) is 1.66. The number of thiophene rings is 1. The number of aryl methyl sites for hydroxylation is 1. The molecule has 2 rings (SSSR count). The van der Waals surface area contributed by atoms with Crippen LogP contribution in [-0.2, 0) is 6.61 Å². The molecule has 1 heterocycles. The molecule has 2 N–H and O–H groups in total. The van der Waals surface area contributed by atoms with Gasteiger partial charge in [-0.25, -0.2) is 0 Å². The third-order valence-corrected chi connectivity index (χ3v) is 3.52. The number of ether oxygens (including phenoxy) is 1. The topological polar surface area (TPSA) is 35.2 Å². The number of rotatable bonds is 4. The van der Waals surface area contributed by atoms with Crippen LogP contribution in [0.15, 0.2) is 35.7 Å². The normalized spacial score (nSPS) is 12.4. The fourth-order valence-corrected chi connectivity index (χ4v) is 2.28. The molecular weight excluding hydrogens is 230 g/mol. The van der Waals surface area contributed by atoms with Crippen LogP contribution in [0, 0.1) is 6.92 Å². The highest BCUT2D eigenvalue weighted by molar-refractivity contribution is 7.09. The van der Waals surface area contributed by atoms with Crippen molar-refractivity contribution in [3.8, 4) is 5.75 Å². The molecule has 0 spiro atoms. The van der Waals surface area contributed by atoms with Crippen LogP contribution in [0.1, 0.15) is 29.0 Å². The van der Waals surface area contributed by atoms with Crippen LogP contribution in [0.25, 0.3) is 0 Å². The Morgan fingerprint density at radius 3 is 2.76 bits per heavy atom. The summed E-state index contributed by atoms with van der Waals surface area (Å²) in [6, 6.07) is 10.3. The number of benzene rings is 1. The second-order valence-corrected chi connectivity index (χ2v) is 5.21. The van der Waals surface area contributed by atoms with Gasteiger partial charge >= 0.3 is 0 Å². The molecule has 2 aromatic rings. The molecule has 0 saturated carbocycles. The Morgan fingerprint density at radius 2 is 2.18 bits per heavy atom. The highest BCUT2D eigenvalue weighted by Crippen LogP contribution is 2.23. The number of nitrogens with two attached hydrogens (primary N) is 1. The SMILES string of the molecule is Cc1cc([C@H](C)N)ccc1OCc1cccs1. The number of hydrogen-bond acceptors (Lipinski definition) is 3. The third-order valence-electron chi connectivity index (χ3n) is 2.67. The molecule has 1 aromatic carbocycles. The summed E-state index contributed by atoms with van der Waals surface area (Å²) in [5.74, 6) is 0.933. The summed E-state index contributed by atoms with van der Waals surface area (Å²) in [6.45, 7) is 4.67. The monoisotopic (exact) mass is 247 g/mol. The highest BCUT2D eigenvalue weighted by Gasteiger charge is 2.04. The van der Waals surface area contributed by atoms with Gasteiger partial charge in [0.05, 0.1) is 0 Å². The maximum Gasteiger partial charge on any atom is 0.122 e. The van der Waals surface area contributed by atoms with Crippen LogP contribution in [0.3, 0.4) is 0 Å². The average Bonchev–Trinajstić information content (AvgIpc) is 2.80. The molecule has 0 bridgehead atoms. The fraction of sp³-hybridized carbons (Fsp3) is 0.286. The predicted molar refractivity (Wildman–Crippen MR) is 72.4 cm³/mol. The lowest BCUT2D eigenvalue weighted by molar-refractivity contribution is 0.307. The van der Waals surface area contributed by atoms with Crippen LogP contribution in [0.4, 0.5) is 0 Å². The van der Waals surface area contributed by atoms with Crippen LogP contribution >= 0.6 is 11.3 Å². The molecule has 0 aliphatic heterocycles. The van der Waals surface area contributed by atoms with Crippen molar-refractivity contribution in [1.29, 1.82) is 0 Å². The van der Waals surface area contributed by atoms with E-state index in [1.807, 2.05) is 25.1 Å². The Balaban J connectivity index is 2.06. The lowest BCUT2D eigenvalue weighted by atomic mass is 10.1. The van der Waals surface area contributed by atoms with E-state index >= 15 is 0 Å². The standard InChI is InChI=1S/C14H17NOS/c1-10-8-12(11(2)15)5-6-14(10)16-9-13-4-3-7-17-13/h3-8,11H,9,15H2,1-2H3/t11-/m0/s1. The van der Waals surface area contributed by atoms with Gasteiger partial charge in [-0.3, -0.25) is 0 Å². The van der Waals surface area contributed by atoms with Crippen LogP contribution in [0.2, 0.25) is 0 Å². The Hall–Kier alpha value is -1.32. The maximum absolute atomic E-state index is 5.84. The molecule has 0 unspecified atom stereocenters. The lowest BCUT2D eigenvalue weighted by Gasteiger charge is -2.11. The zero-order valence-corrected chi connectivity index (χ0v) is 11.0. The van der Waals surface area contributed by atoms with E-state index in [9.17, 15) is 0 Å². The second kappa shape index (κ2) is 5.34. The van der Waals surface area contributed by atoms with Crippen molar-refractivity contribution in [2.45, 2.75) is 26.5 Å². The van der Waals surface area contributed by atoms with E-state index < -0.39 is 0 Å². The molecule has 0 amide bonds. The quantitative estimate of drug-likeness (QED) is 0.895. The molecule has 1 atom stereocenters. The summed E-state index contributed by atoms with van der Waals surface area (Å²) in [7, 11) is 0. The first-order chi connectivity index (χ1) is 8.16. The smallest absolute Gasteiger partial charge is 0.122 e. The van der Waals surface area contributed by atoms with Gasteiger partial charge < -0.3 is 10.5 Å². The molecule has 1 aromatic heterocycles. The van der Waals surface area contributed by atoms with Crippen LogP contribution in [0.5, 0.6) is 5.75 Å². The summed E-state index contributed by atoms with van der Waals surface area (Å²) in [5, 5.41) is 2.06. The summed E-state index contributed by atoms with van der Waals surface area (Å²) in [5.41, 5.74) is 8.12. The molecular formula is C14H17NOS. The van der Waals surface area contributed by atoms with E-state index in [-0.39, 0.29) is 6.04 Å². The van der Waals surface area contributed by atoms with Crippen molar-refractivity contribution >= 4 is 11.3 Å². The molecule has 3 heteroatoms. The minimum absolute atomic E-state index is 0.0695. The molecule has 0 radical (unpaired) electrons. The molecule has 0 aliphatic rings. The van der Waals surface area contributed by atoms with Gasteiger partial charge in [0.1, 0.15) is 12.4 Å². The van der Waals surface area contributed by atoms with E-state index in [1.165, 1.54) is 4.88 Å². The van der Waals surface area contributed by atoms with E-state index in [0.717, 1.165) is 16.9 Å². The first kappa shape index (κ1) is 12.1. The average molecular weight is 247 g/mol. The van der Waals surface area contributed by atoms with Crippen molar-refractivity contribution in [3.05, 3.63) is 51.7 Å². The zero-order valence-electron chi connectivity index (χ0n) is 10.1. The van der Waals surface area contributed by atoms with Gasteiger partial charge in [0.25, 0.3) is 0 Å². The summed E-state index contributed by atoms with van der Waals surface area (Å²) >= 11 is 1.71. The van der Waals surface area contributed by atoms with Gasteiger partial charge in [0, 0.05) is 10.9 Å². The largest absolute Gasteiger partial charge is 0.488 e. The molecule has 0 aliphatic carbocycles. The first-order valence-electron chi connectivity index (χ1n) is 5.68. The van der Waals surface area contributed by atoms with Crippen LogP contribution in [-0.4, -0.2) is 0 Å². The molecule has 2 nitrogen and oxygen atoms in total. The van der Waals surface area contributed by atoms with Gasteiger partial charge in [0.2, 0.25) is 0 Å².